The fourth-order valence-corrected chi connectivity index (χ4v) is 2.87. The lowest BCUT2D eigenvalue weighted by Gasteiger charge is -2.35. The van der Waals surface area contributed by atoms with Gasteiger partial charge in [0.1, 0.15) is 17.1 Å². The molecule has 0 aromatic carbocycles. The molecule has 0 aliphatic carbocycles. The van der Waals surface area contributed by atoms with Crippen LogP contribution < -0.4 is 0 Å². The van der Waals surface area contributed by atoms with E-state index in [0.29, 0.717) is 17.1 Å². The summed E-state index contributed by atoms with van der Waals surface area (Å²) >= 11 is 0. The molecule has 1 aliphatic heterocycles. The lowest BCUT2D eigenvalue weighted by molar-refractivity contribution is -0.138. The number of furan rings is 1. The first-order chi connectivity index (χ1) is 10.0. The van der Waals surface area contributed by atoms with Crippen molar-refractivity contribution in [2.45, 2.75) is 52.5 Å². The third-order valence-electron chi connectivity index (χ3n) is 4.01. The van der Waals surface area contributed by atoms with E-state index in [1.165, 1.54) is 0 Å². The van der Waals surface area contributed by atoms with Crippen molar-refractivity contribution in [3.05, 3.63) is 23.2 Å². The largest absolute Gasteiger partial charge is 0.466 e. The van der Waals surface area contributed by atoms with E-state index < -0.39 is 5.97 Å². The summed E-state index contributed by atoms with van der Waals surface area (Å²) in [7, 11) is 0. The number of aryl methyl sites for hydroxylation is 2. The molecule has 0 radical (unpaired) electrons. The molecular formula is C16H23NO4. The Morgan fingerprint density at radius 3 is 2.76 bits per heavy atom. The van der Waals surface area contributed by atoms with Gasteiger partial charge in [0.15, 0.2) is 6.61 Å². The summed E-state index contributed by atoms with van der Waals surface area (Å²) in [4.78, 5) is 26.0. The smallest absolute Gasteiger partial charge is 0.342 e. The highest BCUT2D eigenvalue weighted by Crippen LogP contribution is 2.20. The molecule has 1 aliphatic rings. The quantitative estimate of drug-likeness (QED) is 0.801. The Balaban J connectivity index is 1.91. The molecule has 1 amide bonds. The number of rotatable bonds is 4. The maximum atomic E-state index is 12.2. The van der Waals surface area contributed by atoms with E-state index >= 15 is 0 Å². The third kappa shape index (κ3) is 3.65. The van der Waals surface area contributed by atoms with Gasteiger partial charge in [0.2, 0.25) is 0 Å². The van der Waals surface area contributed by atoms with E-state index in [1.807, 2.05) is 4.90 Å². The number of amides is 1. The molecule has 1 fully saturated rings. The number of hydrogen-bond donors (Lipinski definition) is 0. The van der Waals surface area contributed by atoms with Gasteiger partial charge in [-0.05, 0) is 45.6 Å². The van der Waals surface area contributed by atoms with Crippen molar-refractivity contribution in [3.8, 4) is 0 Å². The Bertz CT molecular complexity index is 520. The molecule has 116 valence electrons. The SMILES string of the molecule is CCC1CCCCN1C(=O)COC(=O)c1cc(C)oc1C. The standard InChI is InChI=1S/C16H23NO4/c1-4-13-7-5-6-8-17(13)15(18)10-20-16(19)14-9-11(2)21-12(14)3/h9,13H,4-8,10H2,1-3H3. The average Bonchev–Trinajstić information content (AvgIpc) is 2.83. The van der Waals surface area contributed by atoms with Crippen LogP contribution in [0.25, 0.3) is 0 Å². The first-order valence-corrected chi connectivity index (χ1v) is 7.56. The van der Waals surface area contributed by atoms with E-state index in [0.717, 1.165) is 32.2 Å². The zero-order valence-corrected chi connectivity index (χ0v) is 13.0. The highest BCUT2D eigenvalue weighted by Gasteiger charge is 2.26. The van der Waals surface area contributed by atoms with Crippen LogP contribution in [0.2, 0.25) is 0 Å². The molecular weight excluding hydrogens is 270 g/mol. The number of carbonyl (C=O) groups excluding carboxylic acids is 2. The van der Waals surface area contributed by atoms with Gasteiger partial charge in [-0.1, -0.05) is 6.92 Å². The Kier molecular flexibility index (Phi) is 5.04. The van der Waals surface area contributed by atoms with Crippen LogP contribution in [0.15, 0.2) is 10.5 Å². The Morgan fingerprint density at radius 1 is 1.38 bits per heavy atom. The van der Waals surface area contributed by atoms with E-state index in [1.54, 1.807) is 19.9 Å². The van der Waals surface area contributed by atoms with Gasteiger partial charge < -0.3 is 14.1 Å². The maximum Gasteiger partial charge on any atom is 0.342 e. The molecule has 0 N–H and O–H groups in total. The van der Waals surface area contributed by atoms with Crippen LogP contribution in [0, 0.1) is 13.8 Å². The van der Waals surface area contributed by atoms with Crippen molar-refractivity contribution in [1.82, 2.24) is 4.90 Å². The summed E-state index contributed by atoms with van der Waals surface area (Å²) in [5.41, 5.74) is 0.394. The van der Waals surface area contributed by atoms with Gasteiger partial charge in [0.05, 0.1) is 0 Å². The molecule has 1 atom stereocenters. The van der Waals surface area contributed by atoms with Crippen molar-refractivity contribution < 1.29 is 18.7 Å². The van der Waals surface area contributed by atoms with Gasteiger partial charge in [0, 0.05) is 12.6 Å². The average molecular weight is 293 g/mol. The van der Waals surface area contributed by atoms with Gasteiger partial charge in [-0.3, -0.25) is 4.79 Å². The third-order valence-corrected chi connectivity index (χ3v) is 4.01. The molecule has 1 saturated heterocycles. The summed E-state index contributed by atoms with van der Waals surface area (Å²) in [5, 5.41) is 0. The molecule has 21 heavy (non-hydrogen) atoms. The van der Waals surface area contributed by atoms with Crippen LogP contribution in [0.1, 0.15) is 54.5 Å². The summed E-state index contributed by atoms with van der Waals surface area (Å²) in [6, 6.07) is 1.92. The van der Waals surface area contributed by atoms with Crippen molar-refractivity contribution in [2.24, 2.45) is 0 Å². The molecule has 1 aromatic rings. The topological polar surface area (TPSA) is 59.8 Å². The minimum Gasteiger partial charge on any atom is -0.466 e. The van der Waals surface area contributed by atoms with Crippen molar-refractivity contribution >= 4 is 11.9 Å². The van der Waals surface area contributed by atoms with Crippen LogP contribution in [-0.4, -0.2) is 36.0 Å². The number of hydrogen-bond acceptors (Lipinski definition) is 4. The van der Waals surface area contributed by atoms with Gasteiger partial charge >= 0.3 is 5.97 Å². The Labute approximate surface area is 125 Å². The van der Waals surface area contributed by atoms with Gasteiger partial charge in [-0.2, -0.15) is 0 Å². The normalized spacial score (nSPS) is 18.6. The van der Waals surface area contributed by atoms with E-state index in [2.05, 4.69) is 6.92 Å². The van der Waals surface area contributed by atoms with E-state index in [4.69, 9.17) is 9.15 Å². The lowest BCUT2D eigenvalue weighted by atomic mass is 10.00. The monoisotopic (exact) mass is 293 g/mol. The maximum absolute atomic E-state index is 12.2. The summed E-state index contributed by atoms with van der Waals surface area (Å²) < 4.78 is 10.4. The number of piperidine rings is 1. The number of ether oxygens (including phenoxy) is 1. The predicted octanol–water partition coefficient (Wildman–Crippen LogP) is 2.84. The molecule has 0 spiro atoms. The van der Waals surface area contributed by atoms with E-state index in [-0.39, 0.29) is 18.6 Å². The lowest BCUT2D eigenvalue weighted by Crippen LogP contribution is -2.45. The zero-order valence-electron chi connectivity index (χ0n) is 13.0. The van der Waals surface area contributed by atoms with Gasteiger partial charge in [0.25, 0.3) is 5.91 Å². The van der Waals surface area contributed by atoms with Crippen molar-refractivity contribution in [1.29, 1.82) is 0 Å². The number of likely N-dealkylation sites (tertiary alicyclic amines) is 1. The Hall–Kier alpha value is -1.78. The highest BCUT2D eigenvalue weighted by molar-refractivity contribution is 5.92. The molecule has 0 saturated carbocycles. The van der Waals surface area contributed by atoms with Crippen LogP contribution >= 0.6 is 0 Å². The zero-order chi connectivity index (χ0) is 15.4. The molecule has 5 nitrogen and oxygen atoms in total. The predicted molar refractivity (Wildman–Crippen MR) is 78.1 cm³/mol. The van der Waals surface area contributed by atoms with Gasteiger partial charge in [-0.25, -0.2) is 4.79 Å². The van der Waals surface area contributed by atoms with Crippen LogP contribution in [0.4, 0.5) is 0 Å². The molecule has 0 bridgehead atoms. The minimum absolute atomic E-state index is 0.104. The Morgan fingerprint density at radius 2 is 2.14 bits per heavy atom. The number of carbonyl (C=O) groups is 2. The molecule has 5 heteroatoms. The molecule has 1 aromatic heterocycles. The van der Waals surface area contributed by atoms with E-state index in [9.17, 15) is 9.59 Å². The fourth-order valence-electron chi connectivity index (χ4n) is 2.87. The second-order valence-corrected chi connectivity index (χ2v) is 5.55. The fraction of sp³-hybridized carbons (Fsp3) is 0.625. The highest BCUT2D eigenvalue weighted by atomic mass is 16.5. The van der Waals surface area contributed by atoms with Crippen LogP contribution in [-0.2, 0) is 9.53 Å². The van der Waals surface area contributed by atoms with Crippen LogP contribution in [0.3, 0.4) is 0 Å². The number of esters is 1. The molecule has 2 heterocycles. The second-order valence-electron chi connectivity index (χ2n) is 5.55. The molecule has 1 unspecified atom stereocenters. The second kappa shape index (κ2) is 6.78. The minimum atomic E-state index is -0.497. The number of nitrogens with zero attached hydrogens (tertiary/aromatic N) is 1. The van der Waals surface area contributed by atoms with Crippen LogP contribution in [0.5, 0.6) is 0 Å². The summed E-state index contributed by atoms with van der Waals surface area (Å²) in [6.07, 6.45) is 4.17. The molecule has 2 rings (SSSR count). The summed E-state index contributed by atoms with van der Waals surface area (Å²) in [6.45, 7) is 6.13. The van der Waals surface area contributed by atoms with Crippen molar-refractivity contribution in [2.75, 3.05) is 13.2 Å². The van der Waals surface area contributed by atoms with Crippen molar-refractivity contribution in [3.63, 3.8) is 0 Å². The summed E-state index contributed by atoms with van der Waals surface area (Å²) in [5.74, 6) is 0.581. The first kappa shape index (κ1) is 15.6. The first-order valence-electron chi connectivity index (χ1n) is 7.56. The van der Waals surface area contributed by atoms with Gasteiger partial charge in [-0.15, -0.1) is 0 Å².